The van der Waals surface area contributed by atoms with Gasteiger partial charge in [0.1, 0.15) is 5.82 Å². The summed E-state index contributed by atoms with van der Waals surface area (Å²) in [5, 5.41) is 14.4. The van der Waals surface area contributed by atoms with Gasteiger partial charge in [0.05, 0.1) is 24.9 Å². The molecule has 30 heavy (non-hydrogen) atoms. The Morgan fingerprint density at radius 3 is 2.60 bits per heavy atom. The lowest BCUT2D eigenvalue weighted by atomic mass is 10.1. The Bertz CT molecular complexity index is 854. The zero-order valence-corrected chi connectivity index (χ0v) is 18.4. The molecular formula is C19H27Cl2FN6O2. The number of aromatic nitrogens is 3. The van der Waals surface area contributed by atoms with Gasteiger partial charge in [-0.3, -0.25) is 4.79 Å². The maximum Gasteiger partial charge on any atom is 0.278 e. The molecule has 0 spiro atoms. The summed E-state index contributed by atoms with van der Waals surface area (Å²) in [6.45, 7) is 6.31. The Kier molecular flexibility index (Phi) is 8.84. The van der Waals surface area contributed by atoms with Gasteiger partial charge in [-0.05, 0) is 51.1 Å². The summed E-state index contributed by atoms with van der Waals surface area (Å²) in [4.78, 5) is 14.8. The molecule has 1 amide bonds. The molecule has 2 aromatic rings. The highest BCUT2D eigenvalue weighted by Crippen LogP contribution is 2.24. The van der Waals surface area contributed by atoms with Gasteiger partial charge in [0.25, 0.3) is 5.91 Å². The second-order valence-corrected chi connectivity index (χ2v) is 7.20. The Morgan fingerprint density at radius 1 is 1.20 bits per heavy atom. The van der Waals surface area contributed by atoms with E-state index in [-0.39, 0.29) is 42.5 Å². The van der Waals surface area contributed by atoms with E-state index in [1.807, 2.05) is 16.5 Å². The first kappa shape index (κ1) is 24.3. The van der Waals surface area contributed by atoms with Crippen molar-refractivity contribution in [2.45, 2.75) is 25.8 Å². The summed E-state index contributed by atoms with van der Waals surface area (Å²) >= 11 is 0. The average Bonchev–Trinajstić information content (AvgIpc) is 3.10. The number of nitrogens with zero attached hydrogens (tertiary/aromatic N) is 4. The van der Waals surface area contributed by atoms with Crippen molar-refractivity contribution in [2.75, 3.05) is 49.6 Å². The molecule has 166 valence electrons. The third-order valence-corrected chi connectivity index (χ3v) is 5.31. The van der Waals surface area contributed by atoms with Crippen LogP contribution in [0.5, 0.6) is 0 Å². The Morgan fingerprint density at radius 2 is 1.90 bits per heavy atom. The predicted octanol–water partition coefficient (Wildman–Crippen LogP) is 2.58. The van der Waals surface area contributed by atoms with Crippen molar-refractivity contribution in [3.63, 3.8) is 0 Å². The van der Waals surface area contributed by atoms with E-state index in [2.05, 4.69) is 20.9 Å². The van der Waals surface area contributed by atoms with Gasteiger partial charge >= 0.3 is 0 Å². The third kappa shape index (κ3) is 5.40. The number of carbonyl (C=O) groups is 1. The molecule has 3 heterocycles. The summed E-state index contributed by atoms with van der Waals surface area (Å²) in [7, 11) is 0. The lowest BCUT2D eigenvalue weighted by Crippen LogP contribution is -2.36. The summed E-state index contributed by atoms with van der Waals surface area (Å²) in [6.07, 6.45) is 1.91. The Hall–Kier alpha value is -1.94. The highest BCUT2D eigenvalue weighted by molar-refractivity contribution is 6.03. The van der Waals surface area contributed by atoms with Crippen molar-refractivity contribution >= 4 is 42.1 Å². The molecule has 4 rings (SSSR count). The fourth-order valence-electron chi connectivity index (χ4n) is 3.79. The average molecular weight is 461 g/mol. The Labute approximate surface area is 187 Å². The first-order valence-corrected chi connectivity index (χ1v) is 9.69. The summed E-state index contributed by atoms with van der Waals surface area (Å²) in [6, 6.07) is 4.81. The molecule has 0 aliphatic carbocycles. The van der Waals surface area contributed by atoms with E-state index in [1.54, 1.807) is 6.07 Å². The molecule has 2 aliphatic heterocycles. The molecule has 1 aromatic heterocycles. The minimum atomic E-state index is -0.394. The lowest BCUT2D eigenvalue weighted by molar-refractivity contribution is 0.102. The molecule has 8 nitrogen and oxygen atoms in total. The van der Waals surface area contributed by atoms with E-state index < -0.39 is 5.82 Å². The number of morpholine rings is 1. The van der Waals surface area contributed by atoms with Gasteiger partial charge in [0.2, 0.25) is 0 Å². The number of amides is 1. The molecular weight excluding hydrogens is 434 g/mol. The van der Waals surface area contributed by atoms with Crippen LogP contribution < -0.4 is 15.5 Å². The van der Waals surface area contributed by atoms with Crippen LogP contribution in [0.3, 0.4) is 0 Å². The first-order valence-electron chi connectivity index (χ1n) is 9.69. The van der Waals surface area contributed by atoms with E-state index >= 15 is 0 Å². The number of benzene rings is 1. The number of hydrogen-bond acceptors (Lipinski definition) is 6. The van der Waals surface area contributed by atoms with Crippen LogP contribution in [0.2, 0.25) is 0 Å². The second kappa shape index (κ2) is 10.9. The van der Waals surface area contributed by atoms with Gasteiger partial charge in [-0.25, -0.2) is 9.07 Å². The van der Waals surface area contributed by atoms with Crippen LogP contribution in [0.25, 0.3) is 0 Å². The van der Waals surface area contributed by atoms with Gasteiger partial charge < -0.3 is 20.3 Å². The number of ether oxygens (including phenoxy) is 1. The summed E-state index contributed by atoms with van der Waals surface area (Å²) in [5.74, 6) is -0.773. The van der Waals surface area contributed by atoms with Crippen LogP contribution in [0.1, 0.15) is 35.1 Å². The van der Waals surface area contributed by atoms with Crippen molar-refractivity contribution in [1.29, 1.82) is 0 Å². The zero-order chi connectivity index (χ0) is 19.5. The summed E-state index contributed by atoms with van der Waals surface area (Å²) < 4.78 is 21.3. The first-order chi connectivity index (χ1) is 13.6. The summed E-state index contributed by atoms with van der Waals surface area (Å²) in [5.41, 5.74) is 2.14. The maximum atomic E-state index is 14.1. The van der Waals surface area contributed by atoms with Crippen LogP contribution in [0.4, 0.5) is 15.8 Å². The number of anilines is 2. The molecule has 2 N–H and O–H groups in total. The van der Waals surface area contributed by atoms with E-state index in [9.17, 15) is 9.18 Å². The van der Waals surface area contributed by atoms with Crippen molar-refractivity contribution in [1.82, 2.24) is 20.3 Å². The number of halogens is 3. The van der Waals surface area contributed by atoms with Gasteiger partial charge in [-0.1, -0.05) is 5.21 Å². The number of hydrogen-bond donors (Lipinski definition) is 2. The van der Waals surface area contributed by atoms with Crippen LogP contribution >= 0.6 is 24.8 Å². The molecule has 11 heteroatoms. The monoisotopic (exact) mass is 460 g/mol. The van der Waals surface area contributed by atoms with Crippen molar-refractivity contribution < 1.29 is 13.9 Å². The molecule has 0 saturated carbocycles. The van der Waals surface area contributed by atoms with E-state index in [1.165, 1.54) is 12.1 Å². The number of carbonyl (C=O) groups excluding carboxylic acids is 1. The van der Waals surface area contributed by atoms with Crippen LogP contribution in [-0.2, 0) is 4.74 Å². The largest absolute Gasteiger partial charge is 0.378 e. The minimum absolute atomic E-state index is 0. The van der Waals surface area contributed by atoms with Crippen LogP contribution in [0.15, 0.2) is 18.2 Å². The fraction of sp³-hybridized carbons (Fsp3) is 0.526. The predicted molar refractivity (Wildman–Crippen MR) is 118 cm³/mol. The van der Waals surface area contributed by atoms with Crippen molar-refractivity contribution in [2.24, 2.45) is 0 Å². The lowest BCUT2D eigenvalue weighted by Gasteiger charge is -2.29. The molecule has 1 aromatic carbocycles. The SMILES string of the molecule is Cc1c(C(=O)Nc2cc(F)cc(N3CCOCC3)c2)nnn1C1CCNCC1.Cl.Cl. The molecule has 0 atom stereocenters. The van der Waals surface area contributed by atoms with E-state index in [0.717, 1.165) is 37.3 Å². The third-order valence-electron chi connectivity index (χ3n) is 5.31. The zero-order valence-electron chi connectivity index (χ0n) is 16.8. The normalized spacial score (nSPS) is 17.1. The molecule has 2 fully saturated rings. The van der Waals surface area contributed by atoms with Gasteiger partial charge in [0, 0.05) is 24.5 Å². The van der Waals surface area contributed by atoms with E-state index in [0.29, 0.717) is 32.0 Å². The van der Waals surface area contributed by atoms with Crippen molar-refractivity contribution in [3.8, 4) is 0 Å². The van der Waals surface area contributed by atoms with Gasteiger partial charge in [-0.15, -0.1) is 29.9 Å². The molecule has 2 saturated heterocycles. The van der Waals surface area contributed by atoms with Crippen molar-refractivity contribution in [3.05, 3.63) is 35.4 Å². The van der Waals surface area contributed by atoms with Gasteiger partial charge in [0.15, 0.2) is 5.69 Å². The molecule has 2 aliphatic rings. The quantitative estimate of drug-likeness (QED) is 0.729. The highest BCUT2D eigenvalue weighted by atomic mass is 35.5. The minimum Gasteiger partial charge on any atom is -0.378 e. The van der Waals surface area contributed by atoms with Crippen LogP contribution in [0, 0.1) is 12.7 Å². The Balaban J connectivity index is 0.00000160. The maximum absolute atomic E-state index is 14.1. The second-order valence-electron chi connectivity index (χ2n) is 7.20. The number of rotatable bonds is 4. The van der Waals surface area contributed by atoms with E-state index in [4.69, 9.17) is 4.74 Å². The standard InChI is InChI=1S/C19H25FN6O2.2ClH/c1-13-18(23-24-26(13)16-2-4-21-5-3-16)19(27)22-15-10-14(20)11-17(12-15)25-6-8-28-9-7-25;;/h10-12,16,21H,2-9H2,1H3,(H,22,27);2*1H. The number of nitrogens with one attached hydrogen (secondary N) is 2. The smallest absolute Gasteiger partial charge is 0.278 e. The topological polar surface area (TPSA) is 84.3 Å². The molecule has 0 unspecified atom stereocenters. The number of piperidine rings is 1. The van der Waals surface area contributed by atoms with Crippen LogP contribution in [-0.4, -0.2) is 60.3 Å². The fourth-order valence-corrected chi connectivity index (χ4v) is 3.79. The highest BCUT2D eigenvalue weighted by Gasteiger charge is 2.23. The molecule has 0 bridgehead atoms. The molecule has 0 radical (unpaired) electrons. The van der Waals surface area contributed by atoms with Gasteiger partial charge in [-0.2, -0.15) is 0 Å².